The van der Waals surface area contributed by atoms with Crippen LogP contribution in [-0.2, 0) is 0 Å². The van der Waals surface area contributed by atoms with Crippen molar-refractivity contribution in [3.8, 4) is 5.75 Å². The van der Waals surface area contributed by atoms with Crippen LogP contribution in [0.2, 0.25) is 5.02 Å². The van der Waals surface area contributed by atoms with Gasteiger partial charge in [-0.25, -0.2) is 4.79 Å². The predicted molar refractivity (Wildman–Crippen MR) is 73.3 cm³/mol. The number of benzene rings is 1. The summed E-state index contributed by atoms with van der Waals surface area (Å²) < 4.78 is 5.16. The Balaban J connectivity index is 2.53. The SMILES string of the molecule is COc1cccc(Cl)c1C(O)c1sccc1C(=O)O. The molecule has 1 aromatic carbocycles. The molecule has 1 heterocycles. The van der Waals surface area contributed by atoms with Crippen LogP contribution in [0.4, 0.5) is 0 Å². The monoisotopic (exact) mass is 298 g/mol. The smallest absolute Gasteiger partial charge is 0.336 e. The number of hydrogen-bond donors (Lipinski definition) is 2. The summed E-state index contributed by atoms with van der Waals surface area (Å²) in [5, 5.41) is 21.4. The first kappa shape index (κ1) is 13.9. The van der Waals surface area contributed by atoms with Crippen molar-refractivity contribution in [2.24, 2.45) is 0 Å². The molecule has 6 heteroatoms. The summed E-state index contributed by atoms with van der Waals surface area (Å²) in [6.45, 7) is 0. The highest BCUT2D eigenvalue weighted by Gasteiger charge is 2.24. The molecule has 2 rings (SSSR count). The summed E-state index contributed by atoms with van der Waals surface area (Å²) in [4.78, 5) is 11.4. The molecule has 0 spiro atoms. The van der Waals surface area contributed by atoms with Gasteiger partial charge in [0, 0.05) is 5.56 Å². The number of aromatic carboxylic acids is 1. The van der Waals surface area contributed by atoms with Crippen LogP contribution in [0.15, 0.2) is 29.6 Å². The summed E-state index contributed by atoms with van der Waals surface area (Å²) >= 11 is 7.23. The molecular formula is C13H11ClO4S. The molecule has 0 aliphatic carbocycles. The molecule has 100 valence electrons. The van der Waals surface area contributed by atoms with Crippen LogP contribution in [0, 0.1) is 0 Å². The molecule has 2 aromatic rings. The number of aliphatic hydroxyl groups is 1. The van der Waals surface area contributed by atoms with Gasteiger partial charge >= 0.3 is 5.97 Å². The second-order valence-electron chi connectivity index (χ2n) is 3.76. The van der Waals surface area contributed by atoms with Gasteiger partial charge in [0.25, 0.3) is 0 Å². The average Bonchev–Trinajstić information content (AvgIpc) is 2.87. The Morgan fingerprint density at radius 1 is 1.42 bits per heavy atom. The number of carbonyl (C=O) groups is 1. The maximum absolute atomic E-state index is 11.1. The Hall–Kier alpha value is -1.56. The zero-order valence-corrected chi connectivity index (χ0v) is 11.5. The van der Waals surface area contributed by atoms with E-state index in [9.17, 15) is 9.90 Å². The van der Waals surface area contributed by atoms with E-state index >= 15 is 0 Å². The fraction of sp³-hybridized carbons (Fsp3) is 0.154. The van der Waals surface area contributed by atoms with Gasteiger partial charge in [0.2, 0.25) is 0 Å². The summed E-state index contributed by atoms with van der Waals surface area (Å²) in [5.74, 6) is -0.661. The van der Waals surface area contributed by atoms with E-state index in [0.29, 0.717) is 21.2 Å². The first-order valence-electron chi connectivity index (χ1n) is 5.37. The molecule has 2 N–H and O–H groups in total. The Bertz CT molecular complexity index is 608. The van der Waals surface area contributed by atoms with Crippen LogP contribution in [0.3, 0.4) is 0 Å². The van der Waals surface area contributed by atoms with E-state index in [1.807, 2.05) is 0 Å². The third kappa shape index (κ3) is 2.58. The van der Waals surface area contributed by atoms with Crippen LogP contribution in [-0.4, -0.2) is 23.3 Å². The molecule has 1 aromatic heterocycles. The van der Waals surface area contributed by atoms with Crippen LogP contribution in [0.25, 0.3) is 0 Å². The molecule has 0 radical (unpaired) electrons. The Kier molecular flexibility index (Phi) is 4.09. The summed E-state index contributed by atoms with van der Waals surface area (Å²) in [6, 6.07) is 6.44. The first-order chi connectivity index (χ1) is 9.06. The normalized spacial score (nSPS) is 12.2. The van der Waals surface area contributed by atoms with Crippen molar-refractivity contribution in [2.45, 2.75) is 6.10 Å². The molecule has 19 heavy (non-hydrogen) atoms. The van der Waals surface area contributed by atoms with E-state index in [0.717, 1.165) is 11.3 Å². The molecule has 0 amide bonds. The van der Waals surface area contributed by atoms with E-state index in [2.05, 4.69) is 0 Å². The van der Waals surface area contributed by atoms with Gasteiger partial charge in [-0.05, 0) is 23.6 Å². The zero-order chi connectivity index (χ0) is 14.0. The molecular weight excluding hydrogens is 288 g/mol. The van der Waals surface area contributed by atoms with Crippen molar-refractivity contribution in [3.05, 3.63) is 50.7 Å². The molecule has 0 bridgehead atoms. The van der Waals surface area contributed by atoms with Crippen molar-refractivity contribution in [2.75, 3.05) is 7.11 Å². The lowest BCUT2D eigenvalue weighted by Crippen LogP contribution is -2.06. The van der Waals surface area contributed by atoms with Gasteiger partial charge in [-0.15, -0.1) is 11.3 Å². The fourth-order valence-corrected chi connectivity index (χ4v) is 2.95. The highest BCUT2D eigenvalue weighted by Crippen LogP contribution is 2.38. The van der Waals surface area contributed by atoms with Gasteiger partial charge in [-0.3, -0.25) is 0 Å². The number of rotatable bonds is 4. The van der Waals surface area contributed by atoms with E-state index in [-0.39, 0.29) is 5.56 Å². The second-order valence-corrected chi connectivity index (χ2v) is 5.12. The highest BCUT2D eigenvalue weighted by atomic mass is 35.5. The lowest BCUT2D eigenvalue weighted by atomic mass is 10.0. The summed E-state index contributed by atoms with van der Waals surface area (Å²) in [6.07, 6.45) is -1.13. The quantitative estimate of drug-likeness (QED) is 0.909. The van der Waals surface area contributed by atoms with Crippen molar-refractivity contribution < 1.29 is 19.7 Å². The van der Waals surface area contributed by atoms with E-state index in [4.69, 9.17) is 21.4 Å². The minimum atomic E-state index is -1.13. The Morgan fingerprint density at radius 2 is 2.16 bits per heavy atom. The molecule has 1 unspecified atom stereocenters. The van der Waals surface area contributed by atoms with Gasteiger partial charge in [0.1, 0.15) is 11.9 Å². The number of methoxy groups -OCH3 is 1. The van der Waals surface area contributed by atoms with Crippen molar-refractivity contribution in [1.82, 2.24) is 0 Å². The lowest BCUT2D eigenvalue weighted by Gasteiger charge is -2.16. The zero-order valence-electron chi connectivity index (χ0n) is 9.96. The van der Waals surface area contributed by atoms with E-state index < -0.39 is 12.1 Å². The van der Waals surface area contributed by atoms with Crippen molar-refractivity contribution >= 4 is 28.9 Å². The van der Waals surface area contributed by atoms with Crippen molar-refractivity contribution in [3.63, 3.8) is 0 Å². The Morgan fingerprint density at radius 3 is 2.79 bits per heavy atom. The van der Waals surface area contributed by atoms with Gasteiger partial charge < -0.3 is 14.9 Å². The molecule has 0 aliphatic rings. The molecule has 1 atom stereocenters. The molecule has 4 nitrogen and oxygen atoms in total. The number of aliphatic hydroxyl groups excluding tert-OH is 1. The topological polar surface area (TPSA) is 66.8 Å². The van der Waals surface area contributed by atoms with Gasteiger partial charge in [-0.1, -0.05) is 17.7 Å². The minimum Gasteiger partial charge on any atom is -0.496 e. The van der Waals surface area contributed by atoms with Crippen LogP contribution < -0.4 is 4.74 Å². The van der Waals surface area contributed by atoms with E-state index in [1.165, 1.54) is 13.2 Å². The average molecular weight is 299 g/mol. The molecule has 0 saturated heterocycles. The maximum atomic E-state index is 11.1. The Labute approximate surface area is 118 Å². The first-order valence-corrected chi connectivity index (χ1v) is 6.63. The highest BCUT2D eigenvalue weighted by molar-refractivity contribution is 7.10. The predicted octanol–water partition coefficient (Wildman–Crippen LogP) is 3.19. The van der Waals surface area contributed by atoms with Crippen molar-refractivity contribution in [1.29, 1.82) is 0 Å². The third-order valence-electron chi connectivity index (χ3n) is 2.68. The van der Waals surface area contributed by atoms with Gasteiger partial charge in [0.15, 0.2) is 0 Å². The standard InChI is InChI=1S/C13H11ClO4S/c1-18-9-4-2-3-8(14)10(9)11(15)12-7(13(16)17)5-6-19-12/h2-6,11,15H,1H3,(H,16,17). The number of halogens is 1. The van der Waals surface area contributed by atoms with Crippen LogP contribution in [0.1, 0.15) is 26.9 Å². The third-order valence-corrected chi connectivity index (χ3v) is 3.98. The minimum absolute atomic E-state index is 0.0690. The number of hydrogen-bond acceptors (Lipinski definition) is 4. The number of thiophene rings is 1. The fourth-order valence-electron chi connectivity index (χ4n) is 1.80. The van der Waals surface area contributed by atoms with E-state index in [1.54, 1.807) is 23.6 Å². The maximum Gasteiger partial charge on any atom is 0.336 e. The summed E-state index contributed by atoms with van der Waals surface area (Å²) in [7, 11) is 1.47. The number of carboxylic acids is 1. The number of carboxylic acid groups (broad SMARTS) is 1. The molecule has 0 fully saturated rings. The lowest BCUT2D eigenvalue weighted by molar-refractivity contribution is 0.0692. The molecule has 0 saturated carbocycles. The van der Waals surface area contributed by atoms with Gasteiger partial charge in [-0.2, -0.15) is 0 Å². The largest absolute Gasteiger partial charge is 0.496 e. The molecule has 0 aliphatic heterocycles. The second kappa shape index (κ2) is 5.61. The number of ether oxygens (including phenoxy) is 1. The van der Waals surface area contributed by atoms with Gasteiger partial charge in [0.05, 0.1) is 22.6 Å². The van der Waals surface area contributed by atoms with Crippen LogP contribution >= 0.6 is 22.9 Å². The van der Waals surface area contributed by atoms with Crippen LogP contribution in [0.5, 0.6) is 5.75 Å². The summed E-state index contributed by atoms with van der Waals surface area (Å²) in [5.41, 5.74) is 0.441.